The second-order valence-corrected chi connectivity index (χ2v) is 7.29. The van der Waals surface area contributed by atoms with Crippen molar-refractivity contribution in [2.75, 3.05) is 6.54 Å². The van der Waals surface area contributed by atoms with E-state index in [1.807, 2.05) is 6.20 Å². The zero-order valence-corrected chi connectivity index (χ0v) is 13.6. The molecule has 2 rings (SSSR count). The van der Waals surface area contributed by atoms with Crippen LogP contribution in [-0.2, 0) is 6.42 Å². The average Bonchev–Trinajstić information content (AvgIpc) is 2.87. The second-order valence-electron chi connectivity index (χ2n) is 6.31. The topological polar surface area (TPSA) is 24.9 Å². The Kier molecular flexibility index (Phi) is 4.95. The molecule has 1 aromatic heterocycles. The fourth-order valence-electron chi connectivity index (χ4n) is 2.33. The third-order valence-electron chi connectivity index (χ3n) is 3.41. The van der Waals surface area contributed by atoms with Crippen LogP contribution in [0.2, 0.25) is 0 Å². The number of hydrogen-bond donors (Lipinski definition) is 1. The second kappa shape index (κ2) is 6.51. The highest BCUT2D eigenvalue weighted by atomic mass is 32.1. The van der Waals surface area contributed by atoms with Crippen molar-refractivity contribution in [2.45, 2.75) is 45.6 Å². The standard InChI is InChI=1S/C17H24N2S/c1-13-7-5-6-8-15(13)14(12-19-17(2,3)4)11-16-18-9-10-20-16/h5-10,14,19H,11-12H2,1-4H3. The third-order valence-corrected chi connectivity index (χ3v) is 4.21. The van der Waals surface area contributed by atoms with Crippen molar-refractivity contribution >= 4 is 11.3 Å². The van der Waals surface area contributed by atoms with Gasteiger partial charge in [0.2, 0.25) is 0 Å². The fraction of sp³-hybridized carbons (Fsp3) is 0.471. The Labute approximate surface area is 126 Å². The number of thiazole rings is 1. The maximum atomic E-state index is 4.45. The van der Waals surface area contributed by atoms with E-state index in [1.54, 1.807) is 11.3 Å². The van der Waals surface area contributed by atoms with E-state index in [9.17, 15) is 0 Å². The molecule has 1 unspecified atom stereocenters. The summed E-state index contributed by atoms with van der Waals surface area (Å²) in [5.74, 6) is 0.474. The minimum absolute atomic E-state index is 0.143. The summed E-state index contributed by atoms with van der Waals surface area (Å²) in [5.41, 5.74) is 2.94. The van der Waals surface area contributed by atoms with E-state index >= 15 is 0 Å². The summed E-state index contributed by atoms with van der Waals surface area (Å²) in [6.45, 7) is 9.82. The molecule has 0 saturated heterocycles. The highest BCUT2D eigenvalue weighted by Crippen LogP contribution is 2.25. The molecule has 0 saturated carbocycles. The molecule has 20 heavy (non-hydrogen) atoms. The van der Waals surface area contributed by atoms with Gasteiger partial charge in [-0.3, -0.25) is 0 Å². The summed E-state index contributed by atoms with van der Waals surface area (Å²) in [7, 11) is 0. The molecule has 1 atom stereocenters. The van der Waals surface area contributed by atoms with E-state index in [0.717, 1.165) is 13.0 Å². The number of nitrogens with one attached hydrogen (secondary N) is 1. The molecule has 0 aliphatic carbocycles. The summed E-state index contributed by atoms with van der Waals surface area (Å²) in [6.07, 6.45) is 2.90. The van der Waals surface area contributed by atoms with Crippen LogP contribution in [0.3, 0.4) is 0 Å². The molecule has 0 aliphatic rings. The molecule has 1 N–H and O–H groups in total. The molecule has 2 nitrogen and oxygen atoms in total. The highest BCUT2D eigenvalue weighted by Gasteiger charge is 2.18. The summed E-state index contributed by atoms with van der Waals surface area (Å²) >= 11 is 1.75. The average molecular weight is 288 g/mol. The number of rotatable bonds is 5. The third kappa shape index (κ3) is 4.43. The Balaban J connectivity index is 2.17. The molecule has 1 aromatic carbocycles. The van der Waals surface area contributed by atoms with Gasteiger partial charge in [-0.1, -0.05) is 24.3 Å². The maximum Gasteiger partial charge on any atom is 0.0931 e. The lowest BCUT2D eigenvalue weighted by Crippen LogP contribution is -2.39. The number of nitrogens with zero attached hydrogens (tertiary/aromatic N) is 1. The molecule has 1 heterocycles. The van der Waals surface area contributed by atoms with Crippen molar-refractivity contribution in [1.82, 2.24) is 10.3 Å². The van der Waals surface area contributed by atoms with Gasteiger partial charge in [-0.05, 0) is 38.8 Å². The van der Waals surface area contributed by atoms with Crippen molar-refractivity contribution < 1.29 is 0 Å². The Morgan fingerprint density at radius 3 is 2.60 bits per heavy atom. The smallest absolute Gasteiger partial charge is 0.0931 e. The van der Waals surface area contributed by atoms with E-state index < -0.39 is 0 Å². The van der Waals surface area contributed by atoms with Gasteiger partial charge < -0.3 is 5.32 Å². The molecule has 2 aromatic rings. The number of aryl methyl sites for hydroxylation is 1. The first-order chi connectivity index (χ1) is 9.46. The van der Waals surface area contributed by atoms with E-state index in [2.05, 4.69) is 67.6 Å². The SMILES string of the molecule is Cc1ccccc1C(CNC(C)(C)C)Cc1nccs1. The molecule has 108 valence electrons. The van der Waals surface area contributed by atoms with E-state index in [0.29, 0.717) is 5.92 Å². The lowest BCUT2D eigenvalue weighted by molar-refractivity contribution is 0.404. The first kappa shape index (κ1) is 15.2. The molecule has 3 heteroatoms. The molecule has 0 spiro atoms. The van der Waals surface area contributed by atoms with Gasteiger partial charge in [0.1, 0.15) is 0 Å². The van der Waals surface area contributed by atoms with Crippen LogP contribution in [0.4, 0.5) is 0 Å². The van der Waals surface area contributed by atoms with E-state index in [4.69, 9.17) is 0 Å². The number of hydrogen-bond acceptors (Lipinski definition) is 3. The minimum Gasteiger partial charge on any atom is -0.311 e. The van der Waals surface area contributed by atoms with Crippen molar-refractivity contribution in [3.63, 3.8) is 0 Å². The summed E-state index contributed by atoms with van der Waals surface area (Å²) in [4.78, 5) is 4.45. The number of aromatic nitrogens is 1. The number of benzene rings is 1. The molecular formula is C17H24N2S. The predicted octanol–water partition coefficient (Wildman–Crippen LogP) is 4.17. The Morgan fingerprint density at radius 1 is 1.25 bits per heavy atom. The monoisotopic (exact) mass is 288 g/mol. The van der Waals surface area contributed by atoms with Crippen LogP contribution >= 0.6 is 11.3 Å². The van der Waals surface area contributed by atoms with Crippen LogP contribution in [0.15, 0.2) is 35.8 Å². The molecule has 0 bridgehead atoms. The molecule has 0 amide bonds. The van der Waals surface area contributed by atoms with Gasteiger partial charge in [0.25, 0.3) is 0 Å². The van der Waals surface area contributed by atoms with Crippen molar-refractivity contribution in [3.8, 4) is 0 Å². The van der Waals surface area contributed by atoms with Crippen LogP contribution < -0.4 is 5.32 Å². The van der Waals surface area contributed by atoms with Gasteiger partial charge in [0.05, 0.1) is 5.01 Å². The lowest BCUT2D eigenvalue weighted by Gasteiger charge is -2.26. The van der Waals surface area contributed by atoms with Crippen molar-refractivity contribution in [2.24, 2.45) is 0 Å². The quantitative estimate of drug-likeness (QED) is 0.893. The minimum atomic E-state index is 0.143. The van der Waals surface area contributed by atoms with Crippen LogP contribution in [0.5, 0.6) is 0 Å². The van der Waals surface area contributed by atoms with Crippen LogP contribution in [0.25, 0.3) is 0 Å². The van der Waals surface area contributed by atoms with E-state index in [1.165, 1.54) is 16.1 Å². The van der Waals surface area contributed by atoms with Crippen molar-refractivity contribution in [1.29, 1.82) is 0 Å². The highest BCUT2D eigenvalue weighted by molar-refractivity contribution is 7.09. The van der Waals surface area contributed by atoms with Crippen LogP contribution in [0.1, 0.15) is 42.8 Å². The van der Waals surface area contributed by atoms with Crippen LogP contribution in [-0.4, -0.2) is 17.1 Å². The Morgan fingerprint density at radius 2 is 2.00 bits per heavy atom. The predicted molar refractivity (Wildman–Crippen MR) is 87.5 cm³/mol. The molecular weight excluding hydrogens is 264 g/mol. The largest absolute Gasteiger partial charge is 0.311 e. The molecule has 0 fully saturated rings. The molecule has 0 aliphatic heterocycles. The first-order valence-electron chi connectivity index (χ1n) is 7.14. The zero-order chi connectivity index (χ0) is 14.6. The van der Waals surface area contributed by atoms with Crippen molar-refractivity contribution in [3.05, 3.63) is 52.0 Å². The first-order valence-corrected chi connectivity index (χ1v) is 8.02. The van der Waals surface area contributed by atoms with Gasteiger partial charge >= 0.3 is 0 Å². The summed E-state index contributed by atoms with van der Waals surface area (Å²) < 4.78 is 0. The normalized spacial score (nSPS) is 13.4. The zero-order valence-electron chi connectivity index (χ0n) is 12.8. The van der Waals surface area contributed by atoms with Gasteiger partial charge in [-0.2, -0.15) is 0 Å². The summed E-state index contributed by atoms with van der Waals surface area (Å²) in [6, 6.07) is 8.68. The summed E-state index contributed by atoms with van der Waals surface area (Å²) in [5, 5.41) is 6.91. The van der Waals surface area contributed by atoms with Gasteiger partial charge in [-0.15, -0.1) is 11.3 Å². The van der Waals surface area contributed by atoms with Gasteiger partial charge in [-0.25, -0.2) is 4.98 Å². The Bertz CT molecular complexity index is 526. The van der Waals surface area contributed by atoms with Gasteiger partial charge in [0.15, 0.2) is 0 Å². The van der Waals surface area contributed by atoms with Crippen LogP contribution in [0, 0.1) is 6.92 Å². The Hall–Kier alpha value is -1.19. The fourth-order valence-corrected chi connectivity index (χ4v) is 3.03. The molecule has 0 radical (unpaired) electrons. The van der Waals surface area contributed by atoms with E-state index in [-0.39, 0.29) is 5.54 Å². The maximum absolute atomic E-state index is 4.45. The van der Waals surface area contributed by atoms with Gasteiger partial charge in [0, 0.05) is 36.0 Å². The lowest BCUT2D eigenvalue weighted by atomic mass is 9.91.